The van der Waals surface area contributed by atoms with Crippen LogP contribution in [0.1, 0.15) is 43.0 Å². The van der Waals surface area contributed by atoms with Crippen molar-refractivity contribution in [1.29, 1.82) is 0 Å². The van der Waals surface area contributed by atoms with Crippen molar-refractivity contribution in [3.8, 4) is 11.5 Å². The lowest BCUT2D eigenvalue weighted by molar-refractivity contribution is -0.341. The van der Waals surface area contributed by atoms with E-state index >= 15 is 0 Å². The second kappa shape index (κ2) is 14.7. The van der Waals surface area contributed by atoms with Crippen LogP contribution in [-0.2, 0) is 42.1 Å². The maximum Gasteiger partial charge on any atom is 0.343 e. The summed E-state index contributed by atoms with van der Waals surface area (Å²) in [6, 6.07) is 28.6. The number of rotatable bonds is 12. The topological polar surface area (TPSA) is 108 Å². The Kier molecular flexibility index (Phi) is 10.0. The third-order valence-electron chi connectivity index (χ3n) is 7.65. The van der Waals surface area contributed by atoms with Gasteiger partial charge in [0.1, 0.15) is 37.3 Å². The third kappa shape index (κ3) is 7.97. The summed E-state index contributed by atoms with van der Waals surface area (Å²) < 4.78 is 22.8. The van der Waals surface area contributed by atoms with Crippen molar-refractivity contribution < 1.29 is 48.1 Å². The molecule has 1 unspecified atom stereocenters. The van der Waals surface area contributed by atoms with Gasteiger partial charge in [0.05, 0.1) is 24.3 Å². The van der Waals surface area contributed by atoms with Gasteiger partial charge in [-0.25, -0.2) is 19.4 Å². The summed E-state index contributed by atoms with van der Waals surface area (Å²) in [5.41, 5.74) is 4.87. The molecule has 2 saturated heterocycles. The van der Waals surface area contributed by atoms with Crippen molar-refractivity contribution >= 4 is 11.9 Å². The van der Waals surface area contributed by atoms with Gasteiger partial charge in [-0.2, -0.15) is 4.89 Å². The van der Waals surface area contributed by atoms with Gasteiger partial charge >= 0.3 is 11.9 Å². The minimum atomic E-state index is -0.606. The van der Waals surface area contributed by atoms with E-state index in [2.05, 4.69) is 0 Å². The molecule has 10 heteroatoms. The zero-order valence-electron chi connectivity index (χ0n) is 25.5. The van der Waals surface area contributed by atoms with E-state index in [1.54, 1.807) is 48.5 Å². The number of ether oxygens (including phenoxy) is 4. The molecule has 10 nitrogen and oxygen atoms in total. The molecule has 4 atom stereocenters. The van der Waals surface area contributed by atoms with Crippen LogP contribution in [0, 0.1) is 13.8 Å². The zero-order chi connectivity index (χ0) is 31.9. The first-order valence-electron chi connectivity index (χ1n) is 15.0. The van der Waals surface area contributed by atoms with Crippen molar-refractivity contribution in [3.63, 3.8) is 0 Å². The van der Waals surface area contributed by atoms with Gasteiger partial charge in [0.25, 0.3) is 0 Å². The molecule has 2 aliphatic rings. The highest BCUT2D eigenvalue weighted by atomic mass is 17.2. The lowest BCUT2D eigenvalue weighted by Gasteiger charge is -2.17. The first-order chi connectivity index (χ1) is 22.4. The third-order valence-corrected chi connectivity index (χ3v) is 7.65. The Morgan fingerprint density at radius 3 is 1.78 bits per heavy atom. The second-order valence-electron chi connectivity index (χ2n) is 11.2. The summed E-state index contributed by atoms with van der Waals surface area (Å²) in [6.45, 7) is 4.92. The molecule has 0 aromatic heterocycles. The summed E-state index contributed by atoms with van der Waals surface area (Å²) in [6.07, 6.45) is -2.01. The zero-order valence-corrected chi connectivity index (χ0v) is 25.5. The van der Waals surface area contributed by atoms with Crippen LogP contribution in [0.4, 0.5) is 0 Å². The van der Waals surface area contributed by atoms with Crippen LogP contribution in [0.2, 0.25) is 0 Å². The fraction of sp³-hybridized carbons (Fsp3) is 0.278. The highest BCUT2D eigenvalue weighted by Crippen LogP contribution is 2.31. The number of aryl methyl sites for hydroxylation is 2. The van der Waals surface area contributed by atoms with Crippen LogP contribution < -0.4 is 9.62 Å². The van der Waals surface area contributed by atoms with Crippen LogP contribution in [0.25, 0.3) is 0 Å². The van der Waals surface area contributed by atoms with Gasteiger partial charge in [0.2, 0.25) is 0 Å². The average Bonchev–Trinajstić information content (AvgIpc) is 3.66. The summed E-state index contributed by atoms with van der Waals surface area (Å²) in [5.74, 6) is -0.131. The fourth-order valence-corrected chi connectivity index (χ4v) is 5.01. The molecule has 0 aliphatic carbocycles. The van der Waals surface area contributed by atoms with Gasteiger partial charge < -0.3 is 23.8 Å². The maximum absolute atomic E-state index is 12.8. The van der Waals surface area contributed by atoms with E-state index in [-0.39, 0.29) is 19.8 Å². The van der Waals surface area contributed by atoms with E-state index in [0.29, 0.717) is 29.2 Å². The van der Waals surface area contributed by atoms with Gasteiger partial charge in [-0.15, -0.1) is 0 Å². The molecule has 6 rings (SSSR count). The van der Waals surface area contributed by atoms with E-state index < -0.39 is 36.4 Å². The Morgan fingerprint density at radius 1 is 0.609 bits per heavy atom. The average molecular weight is 627 g/mol. The Labute approximate surface area is 266 Å². The summed E-state index contributed by atoms with van der Waals surface area (Å²) >= 11 is 0. The highest BCUT2D eigenvalue weighted by Gasteiger charge is 2.50. The van der Waals surface area contributed by atoms with Crippen molar-refractivity contribution in [2.24, 2.45) is 0 Å². The second-order valence-corrected chi connectivity index (χ2v) is 11.2. The minimum absolute atomic E-state index is 0.167. The lowest BCUT2D eigenvalue weighted by Crippen LogP contribution is -2.35. The molecular formula is C36H34O10. The Hall–Kier alpha value is -4.58. The van der Waals surface area contributed by atoms with Gasteiger partial charge in [-0.05, 0) is 73.5 Å². The maximum atomic E-state index is 12.8. The standard InChI is InChI=1S/C36H34O10/c1-23-3-7-25(8-4-23)19-41-45-30-15-9-26(10-16-30)20-42-46-32-22-40-33-31(21-39-34(32)33)44-36(38)28-13-17-29(18-14-28)43-35(37)27-11-5-24(2)6-12-27/h3-18,31-34H,19-22H2,1-2H3/t31?,32-,33-,34-/m0/s1. The number of esters is 2. The molecule has 2 fully saturated rings. The van der Waals surface area contributed by atoms with E-state index in [4.69, 9.17) is 38.5 Å². The first-order valence-corrected chi connectivity index (χ1v) is 15.0. The van der Waals surface area contributed by atoms with Gasteiger partial charge in [-0.3, -0.25) is 0 Å². The van der Waals surface area contributed by atoms with Crippen LogP contribution in [0.15, 0.2) is 97.1 Å². The molecule has 4 aromatic rings. The van der Waals surface area contributed by atoms with E-state index in [1.807, 2.05) is 62.4 Å². The van der Waals surface area contributed by atoms with Crippen molar-refractivity contribution in [1.82, 2.24) is 0 Å². The van der Waals surface area contributed by atoms with Crippen LogP contribution in [0.5, 0.6) is 11.5 Å². The minimum Gasteiger partial charge on any atom is -0.453 e. The quantitative estimate of drug-likeness (QED) is 0.0820. The first kappa shape index (κ1) is 31.4. The fourth-order valence-electron chi connectivity index (χ4n) is 5.01. The van der Waals surface area contributed by atoms with E-state index in [1.165, 1.54) is 5.56 Å². The smallest absolute Gasteiger partial charge is 0.343 e. The molecule has 0 spiro atoms. The number of carbonyl (C=O) groups excluding carboxylic acids is 2. The molecule has 0 N–H and O–H groups in total. The molecule has 46 heavy (non-hydrogen) atoms. The van der Waals surface area contributed by atoms with Crippen LogP contribution in [0.3, 0.4) is 0 Å². The number of fused-ring (bicyclic) bond motifs is 1. The molecule has 4 aromatic carbocycles. The molecule has 0 radical (unpaired) electrons. The molecule has 0 amide bonds. The van der Waals surface area contributed by atoms with Gasteiger partial charge in [-0.1, -0.05) is 59.7 Å². The number of hydrogen-bond acceptors (Lipinski definition) is 10. The van der Waals surface area contributed by atoms with Crippen molar-refractivity contribution in [2.45, 2.75) is 51.5 Å². The van der Waals surface area contributed by atoms with Crippen molar-refractivity contribution in [2.75, 3.05) is 13.2 Å². The monoisotopic (exact) mass is 626 g/mol. The van der Waals surface area contributed by atoms with Gasteiger partial charge in [0, 0.05) is 0 Å². The van der Waals surface area contributed by atoms with Crippen LogP contribution >= 0.6 is 0 Å². The largest absolute Gasteiger partial charge is 0.453 e. The molecule has 0 bridgehead atoms. The number of hydrogen-bond donors (Lipinski definition) is 0. The van der Waals surface area contributed by atoms with E-state index in [0.717, 1.165) is 16.7 Å². The van der Waals surface area contributed by atoms with E-state index in [9.17, 15) is 9.59 Å². The summed E-state index contributed by atoms with van der Waals surface area (Å²) in [4.78, 5) is 47.0. The SMILES string of the molecule is Cc1ccc(COOc2ccc(COO[C@H]3CO[C@H]4C(OC(=O)c5ccc(OC(=O)c6ccc(C)cc6)cc5)CO[C@@H]34)cc2)cc1. The Morgan fingerprint density at radius 2 is 1.11 bits per heavy atom. The predicted octanol–water partition coefficient (Wildman–Crippen LogP) is 5.87. The molecule has 2 aliphatic heterocycles. The molecule has 2 heterocycles. The van der Waals surface area contributed by atoms with Gasteiger partial charge in [0.15, 0.2) is 11.9 Å². The van der Waals surface area contributed by atoms with Crippen LogP contribution in [-0.4, -0.2) is 49.6 Å². The normalized spacial score (nSPS) is 20.2. The summed E-state index contributed by atoms with van der Waals surface area (Å²) in [5, 5.41) is 0. The highest BCUT2D eigenvalue weighted by molar-refractivity contribution is 5.92. The predicted molar refractivity (Wildman–Crippen MR) is 164 cm³/mol. The van der Waals surface area contributed by atoms with Crippen molar-refractivity contribution in [3.05, 3.63) is 130 Å². The molecule has 238 valence electrons. The number of benzene rings is 4. The number of carbonyl (C=O) groups is 2. The molecule has 0 saturated carbocycles. The lowest BCUT2D eigenvalue weighted by atomic mass is 10.1. The summed E-state index contributed by atoms with van der Waals surface area (Å²) in [7, 11) is 0. The Bertz CT molecular complexity index is 1600. The molecular weight excluding hydrogens is 592 g/mol. The Balaban J connectivity index is 0.911.